The Kier molecular flexibility index (Phi) is 5.04. The molecule has 0 atom stereocenters. The lowest BCUT2D eigenvalue weighted by Crippen LogP contribution is -2.29. The Labute approximate surface area is 121 Å². The average Bonchev–Trinajstić information content (AvgIpc) is 2.45. The van der Waals surface area contributed by atoms with E-state index in [2.05, 4.69) is 0 Å². The van der Waals surface area contributed by atoms with Crippen LogP contribution in [0.4, 0.5) is 11.4 Å². The van der Waals surface area contributed by atoms with Crippen LogP contribution in [0.2, 0.25) is 0 Å². The van der Waals surface area contributed by atoms with Gasteiger partial charge < -0.3 is 0 Å². The second-order valence-electron chi connectivity index (χ2n) is 4.25. The molecule has 0 N–H and O–H groups in total. The van der Waals surface area contributed by atoms with Crippen molar-refractivity contribution in [3.05, 3.63) is 24.3 Å². The smallest absolute Gasteiger partial charge is 0.234 e. The molecule has 0 saturated carbocycles. The molecule has 0 aliphatic heterocycles. The fourth-order valence-corrected chi connectivity index (χ4v) is 3.24. The van der Waals surface area contributed by atoms with Gasteiger partial charge in [0.2, 0.25) is 20.0 Å². The minimum absolute atomic E-state index is 0.00929. The number of rotatable bonds is 6. The number of benzene rings is 1. The number of hydrogen-bond acceptors (Lipinski definition) is 4. The van der Waals surface area contributed by atoms with Gasteiger partial charge in [-0.05, 0) is 38.1 Å². The molecule has 20 heavy (non-hydrogen) atoms. The molecule has 0 fully saturated rings. The fraction of sp³-hybridized carbons (Fsp3) is 0.500. The van der Waals surface area contributed by atoms with E-state index in [0.717, 1.165) is 0 Å². The molecule has 1 rings (SSSR count). The minimum Gasteiger partial charge on any atom is -0.273 e. The van der Waals surface area contributed by atoms with Crippen molar-refractivity contribution in [1.29, 1.82) is 0 Å². The van der Waals surface area contributed by atoms with Gasteiger partial charge in [0.1, 0.15) is 0 Å². The van der Waals surface area contributed by atoms with E-state index in [4.69, 9.17) is 0 Å². The van der Waals surface area contributed by atoms with Crippen LogP contribution in [0.1, 0.15) is 13.8 Å². The van der Waals surface area contributed by atoms with Crippen LogP contribution in [0.5, 0.6) is 0 Å². The van der Waals surface area contributed by atoms with Gasteiger partial charge in [-0.15, -0.1) is 0 Å². The molecule has 0 radical (unpaired) electrons. The number of nitrogens with zero attached hydrogens (tertiary/aromatic N) is 2. The highest BCUT2D eigenvalue weighted by Crippen LogP contribution is 2.22. The van der Waals surface area contributed by atoms with Gasteiger partial charge >= 0.3 is 0 Å². The summed E-state index contributed by atoms with van der Waals surface area (Å²) in [5.74, 6) is 0.0186. The summed E-state index contributed by atoms with van der Waals surface area (Å²) < 4.78 is 49.3. The van der Waals surface area contributed by atoms with E-state index in [1.54, 1.807) is 38.1 Å². The zero-order valence-corrected chi connectivity index (χ0v) is 13.7. The Morgan fingerprint density at radius 1 is 0.750 bits per heavy atom. The molecular formula is C12H20N2O4S2. The first kappa shape index (κ1) is 16.8. The molecule has 0 spiro atoms. The molecule has 0 unspecified atom stereocenters. The molecule has 114 valence electrons. The quantitative estimate of drug-likeness (QED) is 0.791. The van der Waals surface area contributed by atoms with E-state index in [9.17, 15) is 16.8 Å². The van der Waals surface area contributed by atoms with Crippen molar-refractivity contribution in [2.24, 2.45) is 0 Å². The monoisotopic (exact) mass is 320 g/mol. The van der Waals surface area contributed by atoms with Crippen LogP contribution in [0.15, 0.2) is 24.3 Å². The molecule has 1 aromatic carbocycles. The van der Waals surface area contributed by atoms with Crippen LogP contribution in [0, 0.1) is 0 Å². The number of anilines is 2. The lowest BCUT2D eigenvalue weighted by molar-refractivity contribution is 0.593. The molecule has 0 heterocycles. The summed E-state index contributed by atoms with van der Waals surface area (Å²) in [7, 11) is -3.69. The Morgan fingerprint density at radius 3 is 1.20 bits per heavy atom. The van der Waals surface area contributed by atoms with Crippen LogP contribution < -0.4 is 8.61 Å². The van der Waals surface area contributed by atoms with Gasteiger partial charge in [0, 0.05) is 14.1 Å². The fourth-order valence-electron chi connectivity index (χ4n) is 1.58. The summed E-state index contributed by atoms with van der Waals surface area (Å²) in [4.78, 5) is 0. The Bertz CT molecular complexity index is 592. The van der Waals surface area contributed by atoms with Crippen molar-refractivity contribution in [1.82, 2.24) is 0 Å². The Morgan fingerprint density at radius 2 is 1.00 bits per heavy atom. The second-order valence-corrected chi connectivity index (χ2v) is 8.83. The second kappa shape index (κ2) is 6.01. The summed E-state index contributed by atoms with van der Waals surface area (Å²) in [5.41, 5.74) is 0.996. The van der Waals surface area contributed by atoms with Crippen molar-refractivity contribution < 1.29 is 16.8 Å². The molecule has 0 bridgehead atoms. The highest BCUT2D eigenvalue weighted by atomic mass is 32.2. The molecule has 0 amide bonds. The maximum Gasteiger partial charge on any atom is 0.234 e. The third kappa shape index (κ3) is 3.43. The van der Waals surface area contributed by atoms with Gasteiger partial charge in [0.15, 0.2) is 0 Å². The molecule has 0 saturated heterocycles. The van der Waals surface area contributed by atoms with E-state index in [1.807, 2.05) is 0 Å². The third-order valence-corrected chi connectivity index (χ3v) is 6.69. The van der Waals surface area contributed by atoms with E-state index < -0.39 is 20.0 Å². The molecule has 0 aliphatic rings. The normalized spacial score (nSPS) is 12.2. The number of sulfonamides is 2. The zero-order valence-electron chi connectivity index (χ0n) is 12.1. The topological polar surface area (TPSA) is 74.8 Å². The van der Waals surface area contributed by atoms with Gasteiger partial charge in [0.05, 0.1) is 22.9 Å². The maximum absolute atomic E-state index is 11.7. The standard InChI is InChI=1S/C12H20N2O4S2/c1-5-19(15,16)13(3)11-7-9-12(10-8-11)14(4)20(17,18)6-2/h7-10H,5-6H2,1-4H3. The predicted octanol–water partition coefficient (Wildman–Crippen LogP) is 1.26. The SMILES string of the molecule is CCS(=O)(=O)N(C)c1ccc(N(C)S(=O)(=O)CC)cc1. The summed E-state index contributed by atoms with van der Waals surface area (Å²) >= 11 is 0. The zero-order chi connectivity index (χ0) is 15.6. The van der Waals surface area contributed by atoms with Crippen LogP contribution in [0.25, 0.3) is 0 Å². The predicted molar refractivity (Wildman–Crippen MR) is 82.2 cm³/mol. The third-order valence-electron chi connectivity index (χ3n) is 3.14. The molecule has 0 aliphatic carbocycles. The molecule has 8 heteroatoms. The van der Waals surface area contributed by atoms with Crippen molar-refractivity contribution in [2.45, 2.75) is 13.8 Å². The molecule has 0 aromatic heterocycles. The summed E-state index contributed by atoms with van der Waals surface area (Å²) in [6, 6.07) is 6.35. The van der Waals surface area contributed by atoms with E-state index >= 15 is 0 Å². The van der Waals surface area contributed by atoms with Gasteiger partial charge in [-0.3, -0.25) is 8.61 Å². The van der Waals surface area contributed by atoms with Crippen molar-refractivity contribution in [3.63, 3.8) is 0 Å². The Balaban J connectivity index is 3.07. The molecular weight excluding hydrogens is 300 g/mol. The first-order valence-corrected chi connectivity index (χ1v) is 9.40. The highest BCUT2D eigenvalue weighted by Gasteiger charge is 2.18. The lowest BCUT2D eigenvalue weighted by Gasteiger charge is -2.21. The van der Waals surface area contributed by atoms with E-state index in [1.165, 1.54) is 22.7 Å². The maximum atomic E-state index is 11.7. The van der Waals surface area contributed by atoms with Crippen LogP contribution in [-0.4, -0.2) is 42.4 Å². The van der Waals surface area contributed by atoms with Crippen molar-refractivity contribution in [2.75, 3.05) is 34.2 Å². The van der Waals surface area contributed by atoms with Crippen LogP contribution in [-0.2, 0) is 20.0 Å². The van der Waals surface area contributed by atoms with E-state index in [-0.39, 0.29) is 11.5 Å². The minimum atomic E-state index is -3.32. The first-order valence-electron chi connectivity index (χ1n) is 6.19. The van der Waals surface area contributed by atoms with Crippen LogP contribution in [0.3, 0.4) is 0 Å². The lowest BCUT2D eigenvalue weighted by atomic mass is 10.3. The van der Waals surface area contributed by atoms with Gasteiger partial charge in [0.25, 0.3) is 0 Å². The molecule has 1 aromatic rings. The van der Waals surface area contributed by atoms with Gasteiger partial charge in [-0.2, -0.15) is 0 Å². The highest BCUT2D eigenvalue weighted by molar-refractivity contribution is 7.93. The summed E-state index contributed by atoms with van der Waals surface area (Å²) in [6.07, 6.45) is 0. The average molecular weight is 320 g/mol. The van der Waals surface area contributed by atoms with Crippen molar-refractivity contribution in [3.8, 4) is 0 Å². The van der Waals surface area contributed by atoms with Crippen molar-refractivity contribution >= 4 is 31.4 Å². The summed E-state index contributed by atoms with van der Waals surface area (Å²) in [6.45, 7) is 3.14. The molecule has 6 nitrogen and oxygen atoms in total. The van der Waals surface area contributed by atoms with Gasteiger partial charge in [-0.25, -0.2) is 16.8 Å². The van der Waals surface area contributed by atoms with Crippen LogP contribution >= 0.6 is 0 Å². The van der Waals surface area contributed by atoms with E-state index in [0.29, 0.717) is 11.4 Å². The Hall–Kier alpha value is -1.28. The first-order chi connectivity index (χ1) is 9.15. The summed E-state index contributed by atoms with van der Waals surface area (Å²) in [5, 5.41) is 0. The largest absolute Gasteiger partial charge is 0.273 e. The van der Waals surface area contributed by atoms with Gasteiger partial charge in [-0.1, -0.05) is 0 Å². The number of hydrogen-bond donors (Lipinski definition) is 0.